The second-order valence-electron chi connectivity index (χ2n) is 8.24. The number of sulfonamides is 1. The Kier molecular flexibility index (Phi) is 7.82. The van der Waals surface area contributed by atoms with Crippen molar-refractivity contribution >= 4 is 27.4 Å². The fourth-order valence-corrected chi connectivity index (χ4v) is 5.10. The summed E-state index contributed by atoms with van der Waals surface area (Å²) in [6, 6.07) is 13.9. The third-order valence-electron chi connectivity index (χ3n) is 5.97. The minimum atomic E-state index is -3.54. The topological polar surface area (TPSA) is 86.8 Å². The zero-order valence-corrected chi connectivity index (χ0v) is 19.7. The Morgan fingerprint density at radius 3 is 2.09 bits per heavy atom. The molecule has 0 saturated carbocycles. The second-order valence-corrected chi connectivity index (χ2v) is 10.2. The molecule has 1 unspecified atom stereocenters. The highest BCUT2D eigenvalue weighted by molar-refractivity contribution is 7.89. The van der Waals surface area contributed by atoms with E-state index in [4.69, 9.17) is 0 Å². The summed E-state index contributed by atoms with van der Waals surface area (Å²) in [5, 5.41) is 2.82. The van der Waals surface area contributed by atoms with Crippen molar-refractivity contribution in [2.45, 2.75) is 38.0 Å². The predicted molar refractivity (Wildman–Crippen MR) is 125 cm³/mol. The quantitative estimate of drug-likeness (QED) is 0.615. The first-order valence-electron chi connectivity index (χ1n) is 10.9. The first kappa shape index (κ1) is 24.1. The summed E-state index contributed by atoms with van der Waals surface area (Å²) in [6.07, 6.45) is 1.01. The molecule has 0 spiro atoms. The number of nitrogens with zero attached hydrogens (tertiary/aromatic N) is 2. The number of nitrogens with one attached hydrogen (secondary N) is 1. The van der Waals surface area contributed by atoms with Gasteiger partial charge in [0.2, 0.25) is 15.9 Å². The van der Waals surface area contributed by atoms with Gasteiger partial charge >= 0.3 is 0 Å². The van der Waals surface area contributed by atoms with Gasteiger partial charge in [0.05, 0.1) is 11.4 Å². The molecule has 3 rings (SSSR count). The Balaban J connectivity index is 1.52. The Labute approximate surface area is 190 Å². The van der Waals surface area contributed by atoms with Crippen LogP contribution in [0.1, 0.15) is 49.0 Å². The molecule has 1 amide bonds. The van der Waals surface area contributed by atoms with Crippen LogP contribution in [0, 0.1) is 0 Å². The van der Waals surface area contributed by atoms with E-state index < -0.39 is 10.0 Å². The first-order chi connectivity index (χ1) is 15.2. The number of amides is 1. The minimum absolute atomic E-state index is 0.0258. The number of anilines is 1. The van der Waals surface area contributed by atoms with E-state index in [0.29, 0.717) is 48.2 Å². The summed E-state index contributed by atoms with van der Waals surface area (Å²) in [4.78, 5) is 26.0. The smallest absolute Gasteiger partial charge is 0.243 e. The monoisotopic (exact) mass is 457 g/mol. The molecular weight excluding hydrogens is 426 g/mol. The lowest BCUT2D eigenvalue weighted by atomic mass is 9.99. The maximum Gasteiger partial charge on any atom is 0.243 e. The average Bonchev–Trinajstić information content (AvgIpc) is 2.79. The zero-order chi connectivity index (χ0) is 23.3. The van der Waals surface area contributed by atoms with Crippen LogP contribution in [0.2, 0.25) is 0 Å². The maximum atomic E-state index is 13.0. The summed E-state index contributed by atoms with van der Waals surface area (Å²) in [5.41, 5.74) is 2.36. The Hall–Kier alpha value is -2.55. The number of ketones is 1. The van der Waals surface area contributed by atoms with E-state index in [1.807, 2.05) is 17.0 Å². The lowest BCUT2D eigenvalue weighted by Crippen LogP contribution is -2.50. The van der Waals surface area contributed by atoms with Gasteiger partial charge < -0.3 is 5.32 Å². The third-order valence-corrected chi connectivity index (χ3v) is 7.89. The van der Waals surface area contributed by atoms with Crippen molar-refractivity contribution in [3.8, 4) is 0 Å². The molecule has 2 aromatic carbocycles. The molecular formula is C24H31N3O4S. The van der Waals surface area contributed by atoms with E-state index >= 15 is 0 Å². The van der Waals surface area contributed by atoms with E-state index in [0.717, 1.165) is 12.0 Å². The Bertz CT molecular complexity index is 1040. The SMILES string of the molecule is CCC(C)c1ccc(S(=O)(=O)N2CCN(CC(=O)Nc3ccc(C(C)=O)cc3)CC2)cc1. The van der Waals surface area contributed by atoms with Crippen molar-refractivity contribution in [2.24, 2.45) is 0 Å². The minimum Gasteiger partial charge on any atom is -0.325 e. The molecule has 2 aromatic rings. The summed E-state index contributed by atoms with van der Waals surface area (Å²) in [5.74, 6) is 0.202. The van der Waals surface area contributed by atoms with Gasteiger partial charge in [-0.3, -0.25) is 14.5 Å². The maximum absolute atomic E-state index is 13.0. The third kappa shape index (κ3) is 5.82. The molecule has 172 valence electrons. The van der Waals surface area contributed by atoms with Crippen LogP contribution >= 0.6 is 0 Å². The van der Waals surface area contributed by atoms with E-state index in [-0.39, 0.29) is 18.2 Å². The largest absolute Gasteiger partial charge is 0.325 e. The molecule has 1 heterocycles. The van der Waals surface area contributed by atoms with Crippen molar-refractivity contribution < 1.29 is 18.0 Å². The van der Waals surface area contributed by atoms with Gasteiger partial charge in [0.15, 0.2) is 5.78 Å². The number of benzene rings is 2. The average molecular weight is 458 g/mol. The van der Waals surface area contributed by atoms with Crippen LogP contribution < -0.4 is 5.32 Å². The molecule has 32 heavy (non-hydrogen) atoms. The Morgan fingerprint density at radius 2 is 1.56 bits per heavy atom. The van der Waals surface area contributed by atoms with Gasteiger partial charge in [0, 0.05) is 37.4 Å². The number of carbonyl (C=O) groups excluding carboxylic acids is 2. The molecule has 1 aliphatic heterocycles. The molecule has 1 aliphatic rings. The van der Waals surface area contributed by atoms with Gasteiger partial charge in [-0.1, -0.05) is 26.0 Å². The van der Waals surface area contributed by atoms with E-state index in [2.05, 4.69) is 19.2 Å². The van der Waals surface area contributed by atoms with Crippen molar-refractivity contribution in [1.29, 1.82) is 0 Å². The fourth-order valence-electron chi connectivity index (χ4n) is 3.67. The highest BCUT2D eigenvalue weighted by atomic mass is 32.2. The van der Waals surface area contributed by atoms with Crippen LogP contribution in [-0.2, 0) is 14.8 Å². The van der Waals surface area contributed by atoms with Crippen LogP contribution in [0.25, 0.3) is 0 Å². The van der Waals surface area contributed by atoms with E-state index in [1.54, 1.807) is 36.4 Å². The molecule has 0 radical (unpaired) electrons. The molecule has 1 N–H and O–H groups in total. The van der Waals surface area contributed by atoms with Crippen molar-refractivity contribution in [3.05, 3.63) is 59.7 Å². The van der Waals surface area contributed by atoms with Gasteiger partial charge in [-0.15, -0.1) is 0 Å². The molecule has 0 aromatic heterocycles. The molecule has 8 heteroatoms. The highest BCUT2D eigenvalue weighted by Crippen LogP contribution is 2.23. The molecule has 1 saturated heterocycles. The number of hydrogen-bond donors (Lipinski definition) is 1. The van der Waals surface area contributed by atoms with Crippen molar-refractivity contribution in [3.63, 3.8) is 0 Å². The molecule has 0 bridgehead atoms. The van der Waals surface area contributed by atoms with Gasteiger partial charge in [-0.2, -0.15) is 4.31 Å². The second kappa shape index (κ2) is 10.4. The van der Waals surface area contributed by atoms with Crippen LogP contribution in [-0.4, -0.2) is 62.0 Å². The van der Waals surface area contributed by atoms with Crippen LogP contribution in [0.5, 0.6) is 0 Å². The standard InChI is InChI=1S/C24H31N3O4S/c1-4-18(2)20-7-11-23(12-8-20)32(30,31)27-15-13-26(14-16-27)17-24(29)25-22-9-5-21(6-10-22)19(3)28/h5-12,18H,4,13-17H2,1-3H3,(H,25,29). The zero-order valence-electron chi connectivity index (χ0n) is 18.9. The van der Waals surface area contributed by atoms with Crippen LogP contribution in [0.3, 0.4) is 0 Å². The summed E-state index contributed by atoms with van der Waals surface area (Å²) < 4.78 is 27.5. The Morgan fingerprint density at radius 1 is 0.969 bits per heavy atom. The summed E-state index contributed by atoms with van der Waals surface area (Å²) >= 11 is 0. The molecule has 1 atom stereocenters. The van der Waals surface area contributed by atoms with Gasteiger partial charge in [0.1, 0.15) is 0 Å². The van der Waals surface area contributed by atoms with Gasteiger partial charge in [0.25, 0.3) is 0 Å². The van der Waals surface area contributed by atoms with Gasteiger partial charge in [-0.05, 0) is 61.2 Å². The van der Waals surface area contributed by atoms with Crippen LogP contribution in [0.15, 0.2) is 53.4 Å². The van der Waals surface area contributed by atoms with Gasteiger partial charge in [-0.25, -0.2) is 8.42 Å². The number of carbonyl (C=O) groups is 2. The molecule has 7 nitrogen and oxygen atoms in total. The number of piperazine rings is 1. The number of hydrogen-bond acceptors (Lipinski definition) is 5. The van der Waals surface area contributed by atoms with Crippen molar-refractivity contribution in [1.82, 2.24) is 9.21 Å². The lowest BCUT2D eigenvalue weighted by Gasteiger charge is -2.33. The lowest BCUT2D eigenvalue weighted by molar-refractivity contribution is -0.117. The molecule has 1 fully saturated rings. The fraction of sp³-hybridized carbons (Fsp3) is 0.417. The number of rotatable bonds is 8. The van der Waals surface area contributed by atoms with E-state index in [1.165, 1.54) is 11.2 Å². The van der Waals surface area contributed by atoms with Crippen molar-refractivity contribution in [2.75, 3.05) is 38.0 Å². The summed E-state index contributed by atoms with van der Waals surface area (Å²) in [7, 11) is -3.54. The normalized spacial score (nSPS) is 16.5. The highest BCUT2D eigenvalue weighted by Gasteiger charge is 2.29. The predicted octanol–water partition coefficient (Wildman–Crippen LogP) is 3.35. The first-order valence-corrected chi connectivity index (χ1v) is 12.4. The van der Waals surface area contributed by atoms with E-state index in [9.17, 15) is 18.0 Å². The molecule has 0 aliphatic carbocycles. The number of Topliss-reactive ketones (excluding diaryl/α,β-unsaturated/α-hetero) is 1. The van der Waals surface area contributed by atoms with Crippen LogP contribution in [0.4, 0.5) is 5.69 Å². The summed E-state index contributed by atoms with van der Waals surface area (Å²) in [6.45, 7) is 7.58.